The fraction of sp³-hybridized carbons (Fsp3) is 0.833. The van der Waals surface area contributed by atoms with Gasteiger partial charge < -0.3 is 112 Å². The largest absolute Gasteiger partial charge is 0.394 e. The fourth-order valence-corrected chi connectivity index (χ4v) is 2.44. The normalized spacial score (nSPS) is 19.8. The summed E-state index contributed by atoms with van der Waals surface area (Å²) in [5.41, 5.74) is 0. The number of aliphatic hydroxyl groups is 20. The van der Waals surface area contributed by atoms with Crippen LogP contribution in [-0.4, -0.2) is 251 Å². The summed E-state index contributed by atoms with van der Waals surface area (Å²) >= 11 is 0. The molecule has 0 radical (unpaired) electrons. The minimum Gasteiger partial charge on any atom is -0.394 e. The Bertz CT molecular complexity index is 768. The van der Waals surface area contributed by atoms with Crippen molar-refractivity contribution in [3.8, 4) is 0 Å². The van der Waals surface area contributed by atoms with Crippen molar-refractivity contribution in [3.05, 3.63) is 0 Å². The highest BCUT2D eigenvalue weighted by Crippen LogP contribution is 2.04. The molecule has 288 valence electrons. The van der Waals surface area contributed by atoms with Crippen molar-refractivity contribution in [2.45, 2.75) is 85.5 Å². The first kappa shape index (κ1) is 52.7. The van der Waals surface area contributed by atoms with Gasteiger partial charge in [-0.25, -0.2) is 0 Å². The monoisotopic (exact) mass is 720 g/mol. The number of Topliss-reactive ketones (excluding diaryl/α,β-unsaturated/α-hetero) is 2. The molecule has 0 heterocycles. The van der Waals surface area contributed by atoms with Crippen LogP contribution in [0, 0.1) is 0 Å². The highest BCUT2D eigenvalue weighted by atomic mass is 16.4. The number of hydrogen-bond acceptors (Lipinski definition) is 24. The molecule has 0 saturated carbocycles. The van der Waals surface area contributed by atoms with E-state index in [2.05, 4.69) is 0 Å². The molecule has 0 spiro atoms. The van der Waals surface area contributed by atoms with Gasteiger partial charge >= 0.3 is 0 Å². The third kappa shape index (κ3) is 21.1. The average Bonchev–Trinajstić information content (AvgIpc) is 3.12. The van der Waals surface area contributed by atoms with Gasteiger partial charge in [-0.2, -0.15) is 0 Å². The maximum Gasteiger partial charge on any atom is 0.189 e. The SMILES string of the molecule is O=C(CO)C(O)C(O)C(O)CO.O=C(CO)C(O)C(O)C(O)CO.O=CC(O)C(O)C(O)C(O)CO.O=CC(O)C(O)C(O)C(O)CO. The summed E-state index contributed by atoms with van der Waals surface area (Å²) in [6.07, 6.45) is -24.1. The molecule has 0 fully saturated rings. The first-order valence-electron chi connectivity index (χ1n) is 13.3. The van der Waals surface area contributed by atoms with Crippen molar-refractivity contribution in [2.75, 3.05) is 39.6 Å². The molecule has 0 aromatic heterocycles. The Morgan fingerprint density at radius 2 is 0.583 bits per heavy atom. The molecule has 24 heteroatoms. The average molecular weight is 721 g/mol. The van der Waals surface area contributed by atoms with Gasteiger partial charge in [0.2, 0.25) is 0 Å². The Labute approximate surface area is 271 Å². The number of aldehydes is 2. The quantitative estimate of drug-likeness (QED) is 0.0519. The number of hydrogen-bond donors (Lipinski definition) is 20. The lowest BCUT2D eigenvalue weighted by molar-refractivity contribution is -0.143. The summed E-state index contributed by atoms with van der Waals surface area (Å²) in [7, 11) is 0. The van der Waals surface area contributed by atoms with Crippen LogP contribution in [0.15, 0.2) is 0 Å². The number of ketones is 2. The van der Waals surface area contributed by atoms with Gasteiger partial charge in [0, 0.05) is 0 Å². The van der Waals surface area contributed by atoms with E-state index in [1.54, 1.807) is 0 Å². The van der Waals surface area contributed by atoms with Crippen LogP contribution in [0.2, 0.25) is 0 Å². The van der Waals surface area contributed by atoms with Gasteiger partial charge in [0.15, 0.2) is 24.1 Å². The number of aliphatic hydroxyl groups excluding tert-OH is 20. The number of rotatable bonds is 20. The second-order valence-electron chi connectivity index (χ2n) is 9.34. The van der Waals surface area contributed by atoms with Crippen LogP contribution in [0.25, 0.3) is 0 Å². The van der Waals surface area contributed by atoms with Gasteiger partial charge in [0.25, 0.3) is 0 Å². The molecular formula is C24H48O24. The Morgan fingerprint density at radius 3 is 0.750 bits per heavy atom. The van der Waals surface area contributed by atoms with Crippen LogP contribution in [0.1, 0.15) is 0 Å². The Morgan fingerprint density at radius 1 is 0.375 bits per heavy atom. The summed E-state index contributed by atoms with van der Waals surface area (Å²) in [5.74, 6) is -2.01. The van der Waals surface area contributed by atoms with E-state index < -0.39 is 137 Å². The van der Waals surface area contributed by atoms with Gasteiger partial charge in [-0.05, 0) is 0 Å². The Hall–Kier alpha value is -2.12. The van der Waals surface area contributed by atoms with Gasteiger partial charge in [0.05, 0.1) is 26.4 Å². The molecule has 48 heavy (non-hydrogen) atoms. The molecule has 24 nitrogen and oxygen atoms in total. The van der Waals surface area contributed by atoms with Crippen LogP contribution >= 0.6 is 0 Å². The smallest absolute Gasteiger partial charge is 0.189 e. The summed E-state index contributed by atoms with van der Waals surface area (Å²) in [6, 6.07) is 0. The predicted molar refractivity (Wildman–Crippen MR) is 149 cm³/mol. The zero-order valence-electron chi connectivity index (χ0n) is 25.1. The lowest BCUT2D eigenvalue weighted by atomic mass is 10.0. The standard InChI is InChI=1S/4C6H12O6/c4*7-1-3(9)5(11)6(12)4(10)2-8/h2*3,5-9,11-12H,1-2H2;2*1,3-6,8-12H,2H2. The van der Waals surface area contributed by atoms with E-state index >= 15 is 0 Å². The molecule has 0 aromatic rings. The van der Waals surface area contributed by atoms with Gasteiger partial charge in [-0.15, -0.1) is 0 Å². The molecular weight excluding hydrogens is 672 g/mol. The lowest BCUT2D eigenvalue weighted by Gasteiger charge is -2.22. The molecule has 0 aliphatic rings. The third-order valence-corrected chi connectivity index (χ3v) is 5.62. The maximum absolute atomic E-state index is 10.5. The number of carbonyl (C=O) groups excluding carboxylic acids is 4. The van der Waals surface area contributed by atoms with Gasteiger partial charge in [-0.3, -0.25) is 9.59 Å². The topological polar surface area (TPSA) is 473 Å². The molecule has 0 amide bonds. The van der Waals surface area contributed by atoms with Gasteiger partial charge in [0.1, 0.15) is 98.7 Å². The van der Waals surface area contributed by atoms with E-state index in [0.717, 1.165) is 0 Å². The van der Waals surface area contributed by atoms with E-state index in [-0.39, 0.29) is 12.6 Å². The van der Waals surface area contributed by atoms with Crippen LogP contribution in [-0.2, 0) is 19.2 Å². The maximum atomic E-state index is 10.5. The van der Waals surface area contributed by atoms with Crippen molar-refractivity contribution in [3.63, 3.8) is 0 Å². The van der Waals surface area contributed by atoms with E-state index in [1.807, 2.05) is 0 Å². The molecule has 14 atom stereocenters. The Kier molecular flexibility index (Phi) is 32.7. The predicted octanol–water partition coefficient (Wildman–Crippen LogP) is -13.5. The minimum atomic E-state index is -1.86. The molecule has 0 rings (SSSR count). The second kappa shape index (κ2) is 29.8. The van der Waals surface area contributed by atoms with E-state index in [9.17, 15) is 19.2 Å². The second-order valence-corrected chi connectivity index (χ2v) is 9.34. The zero-order valence-corrected chi connectivity index (χ0v) is 25.1. The first-order chi connectivity index (χ1) is 22.2. The van der Waals surface area contributed by atoms with Crippen LogP contribution in [0.4, 0.5) is 0 Å². The van der Waals surface area contributed by atoms with Crippen molar-refractivity contribution in [1.82, 2.24) is 0 Å². The van der Waals surface area contributed by atoms with Crippen molar-refractivity contribution in [1.29, 1.82) is 0 Å². The summed E-state index contributed by atoms with van der Waals surface area (Å²) < 4.78 is 0. The highest BCUT2D eigenvalue weighted by molar-refractivity contribution is 5.84. The van der Waals surface area contributed by atoms with E-state index in [0.29, 0.717) is 0 Å². The number of carbonyl (C=O) groups is 4. The molecule has 0 aliphatic heterocycles. The first-order valence-corrected chi connectivity index (χ1v) is 13.3. The molecule has 0 saturated heterocycles. The van der Waals surface area contributed by atoms with Crippen molar-refractivity contribution in [2.24, 2.45) is 0 Å². The summed E-state index contributed by atoms with van der Waals surface area (Å²) in [5, 5.41) is 173. The highest BCUT2D eigenvalue weighted by Gasteiger charge is 2.31. The van der Waals surface area contributed by atoms with Crippen LogP contribution < -0.4 is 0 Å². The Balaban J connectivity index is -0.000000269. The minimum absolute atomic E-state index is 0.0258. The van der Waals surface area contributed by atoms with Gasteiger partial charge in [-0.1, -0.05) is 0 Å². The summed E-state index contributed by atoms with van der Waals surface area (Å²) in [4.78, 5) is 40.8. The molecule has 20 N–H and O–H groups in total. The van der Waals surface area contributed by atoms with Crippen LogP contribution in [0.3, 0.4) is 0 Å². The molecule has 14 unspecified atom stereocenters. The third-order valence-electron chi connectivity index (χ3n) is 5.62. The van der Waals surface area contributed by atoms with Crippen molar-refractivity contribution < 1.29 is 121 Å². The van der Waals surface area contributed by atoms with E-state index in [1.165, 1.54) is 0 Å². The summed E-state index contributed by atoms with van der Waals surface area (Å²) in [6.45, 7) is -4.89. The molecule has 0 aliphatic carbocycles. The molecule has 0 bridgehead atoms. The van der Waals surface area contributed by atoms with E-state index in [4.69, 9.17) is 102 Å². The molecule has 0 aromatic carbocycles. The fourth-order valence-electron chi connectivity index (χ4n) is 2.44. The van der Waals surface area contributed by atoms with Crippen molar-refractivity contribution >= 4 is 24.1 Å². The zero-order chi connectivity index (χ0) is 38.9. The lowest BCUT2D eigenvalue weighted by Crippen LogP contribution is -2.46. The van der Waals surface area contributed by atoms with Crippen LogP contribution in [0.5, 0.6) is 0 Å².